The van der Waals surface area contributed by atoms with E-state index in [1.165, 1.54) is 11.8 Å². The van der Waals surface area contributed by atoms with E-state index in [4.69, 9.17) is 9.47 Å². The van der Waals surface area contributed by atoms with Crippen molar-refractivity contribution in [3.63, 3.8) is 0 Å². The summed E-state index contributed by atoms with van der Waals surface area (Å²) < 4.78 is 13.7. The highest BCUT2D eigenvalue weighted by Crippen LogP contribution is 2.34. The summed E-state index contributed by atoms with van der Waals surface area (Å²) in [5.41, 5.74) is 5.93. The molecule has 10 heteroatoms. The highest BCUT2D eigenvalue weighted by Gasteiger charge is 2.18. The standard InChI is InChI=1S/C26H24BrN5O3S/c1-17(18-9-12-20(27)13-10-18)28-29-24(33)16-36-26-31-30-25(32(26)21-7-5-4-6-8-21)19-11-14-22(34-2)23(15-19)35-3/h4-15H,16H2,1-3H3,(H,29,33)/b28-17-. The molecule has 0 radical (unpaired) electrons. The Labute approximate surface area is 221 Å². The predicted octanol–water partition coefficient (Wildman–Crippen LogP) is 5.35. The van der Waals surface area contributed by atoms with Crippen molar-refractivity contribution in [1.29, 1.82) is 0 Å². The maximum absolute atomic E-state index is 12.6. The number of aromatic nitrogens is 3. The van der Waals surface area contributed by atoms with Gasteiger partial charge in [0.25, 0.3) is 5.91 Å². The van der Waals surface area contributed by atoms with Gasteiger partial charge in [-0.1, -0.05) is 58.0 Å². The molecule has 1 aromatic heterocycles. The lowest BCUT2D eigenvalue weighted by Gasteiger charge is -2.12. The number of thioether (sulfide) groups is 1. The third-order valence-electron chi connectivity index (χ3n) is 5.23. The van der Waals surface area contributed by atoms with Crippen LogP contribution < -0.4 is 14.9 Å². The van der Waals surface area contributed by atoms with Gasteiger partial charge < -0.3 is 9.47 Å². The molecular formula is C26H24BrN5O3S. The summed E-state index contributed by atoms with van der Waals surface area (Å²) >= 11 is 4.69. The zero-order valence-corrected chi connectivity index (χ0v) is 22.3. The first kappa shape index (κ1) is 25.5. The van der Waals surface area contributed by atoms with E-state index in [1.54, 1.807) is 14.2 Å². The lowest BCUT2D eigenvalue weighted by atomic mass is 10.1. The van der Waals surface area contributed by atoms with Crippen LogP contribution in [0.25, 0.3) is 17.1 Å². The van der Waals surface area contributed by atoms with Gasteiger partial charge in [0.1, 0.15) is 0 Å². The first-order valence-electron chi connectivity index (χ1n) is 10.9. The van der Waals surface area contributed by atoms with Gasteiger partial charge >= 0.3 is 0 Å². The van der Waals surface area contributed by atoms with E-state index < -0.39 is 0 Å². The molecule has 0 saturated heterocycles. The van der Waals surface area contributed by atoms with Crippen molar-refractivity contribution in [2.75, 3.05) is 20.0 Å². The van der Waals surface area contributed by atoms with Crippen LogP contribution in [-0.4, -0.2) is 46.4 Å². The van der Waals surface area contributed by atoms with E-state index in [0.717, 1.165) is 21.3 Å². The van der Waals surface area contributed by atoms with E-state index in [0.29, 0.717) is 28.2 Å². The number of halogens is 1. The number of benzene rings is 3. The second-order valence-electron chi connectivity index (χ2n) is 7.57. The number of nitrogens with zero attached hydrogens (tertiary/aromatic N) is 4. The molecule has 0 atom stereocenters. The molecule has 8 nitrogen and oxygen atoms in total. The Morgan fingerprint density at radius 3 is 2.42 bits per heavy atom. The van der Waals surface area contributed by atoms with Crippen LogP contribution in [0.4, 0.5) is 0 Å². The van der Waals surface area contributed by atoms with Crippen molar-refractivity contribution in [1.82, 2.24) is 20.2 Å². The number of nitrogens with one attached hydrogen (secondary N) is 1. The second kappa shape index (κ2) is 11.9. The first-order chi connectivity index (χ1) is 17.5. The second-order valence-corrected chi connectivity index (χ2v) is 9.43. The van der Waals surface area contributed by atoms with Crippen LogP contribution in [-0.2, 0) is 4.79 Å². The maximum Gasteiger partial charge on any atom is 0.250 e. The Morgan fingerprint density at radius 1 is 1.00 bits per heavy atom. The highest BCUT2D eigenvalue weighted by molar-refractivity contribution is 9.10. The minimum atomic E-state index is -0.244. The molecule has 0 aliphatic heterocycles. The number of rotatable bonds is 9. The molecule has 3 aromatic carbocycles. The zero-order valence-electron chi connectivity index (χ0n) is 19.9. The Kier molecular flexibility index (Phi) is 8.40. The van der Waals surface area contributed by atoms with Crippen molar-refractivity contribution < 1.29 is 14.3 Å². The summed E-state index contributed by atoms with van der Waals surface area (Å²) in [5, 5.41) is 13.6. The molecule has 0 aliphatic rings. The van der Waals surface area contributed by atoms with Gasteiger partial charge in [-0.15, -0.1) is 10.2 Å². The van der Waals surface area contributed by atoms with E-state index in [9.17, 15) is 4.79 Å². The minimum Gasteiger partial charge on any atom is -0.493 e. The summed E-state index contributed by atoms with van der Waals surface area (Å²) in [5.74, 6) is 1.71. The summed E-state index contributed by atoms with van der Waals surface area (Å²) in [4.78, 5) is 12.6. The summed E-state index contributed by atoms with van der Waals surface area (Å²) in [6.45, 7) is 1.85. The van der Waals surface area contributed by atoms with E-state index >= 15 is 0 Å². The summed E-state index contributed by atoms with van der Waals surface area (Å²) in [6.07, 6.45) is 0. The smallest absolute Gasteiger partial charge is 0.250 e. The molecule has 1 N–H and O–H groups in total. The van der Waals surface area contributed by atoms with Gasteiger partial charge in [-0.3, -0.25) is 9.36 Å². The average molecular weight is 566 g/mol. The number of para-hydroxylation sites is 1. The normalized spacial score (nSPS) is 11.3. The Balaban J connectivity index is 1.55. The highest BCUT2D eigenvalue weighted by atomic mass is 79.9. The monoisotopic (exact) mass is 565 g/mol. The molecule has 184 valence electrons. The fourth-order valence-electron chi connectivity index (χ4n) is 3.40. The van der Waals surface area contributed by atoms with Gasteiger partial charge in [0.05, 0.1) is 25.7 Å². The number of hydrogen-bond donors (Lipinski definition) is 1. The number of methoxy groups -OCH3 is 2. The topological polar surface area (TPSA) is 90.6 Å². The Bertz CT molecular complexity index is 1370. The molecule has 1 amide bonds. The molecule has 1 heterocycles. The van der Waals surface area contributed by atoms with Crippen molar-refractivity contribution in [2.45, 2.75) is 12.1 Å². The number of amides is 1. The van der Waals surface area contributed by atoms with Crippen LogP contribution in [0.2, 0.25) is 0 Å². The SMILES string of the molecule is COc1ccc(-c2nnc(SCC(=O)N/N=C(/C)c3ccc(Br)cc3)n2-c2ccccc2)cc1OC. The van der Waals surface area contributed by atoms with Gasteiger partial charge in [-0.2, -0.15) is 5.10 Å². The minimum absolute atomic E-state index is 0.119. The molecule has 4 rings (SSSR count). The van der Waals surface area contributed by atoms with Crippen molar-refractivity contribution in [3.05, 3.63) is 82.8 Å². The number of hydrazone groups is 1. The van der Waals surface area contributed by atoms with Crippen LogP contribution in [0.3, 0.4) is 0 Å². The summed E-state index contributed by atoms with van der Waals surface area (Å²) in [7, 11) is 3.18. The molecule has 36 heavy (non-hydrogen) atoms. The molecule has 0 fully saturated rings. The van der Waals surface area contributed by atoms with Crippen LogP contribution in [0, 0.1) is 0 Å². The maximum atomic E-state index is 12.6. The quantitative estimate of drug-likeness (QED) is 0.167. The first-order valence-corrected chi connectivity index (χ1v) is 12.7. The van der Waals surface area contributed by atoms with E-state index in [2.05, 4.69) is 36.7 Å². The van der Waals surface area contributed by atoms with E-state index in [-0.39, 0.29) is 11.7 Å². The number of ether oxygens (including phenoxy) is 2. The van der Waals surface area contributed by atoms with Gasteiger partial charge in [0.15, 0.2) is 22.5 Å². The molecule has 0 spiro atoms. The predicted molar refractivity (Wildman–Crippen MR) is 145 cm³/mol. The van der Waals surface area contributed by atoms with Crippen LogP contribution >= 0.6 is 27.7 Å². The van der Waals surface area contributed by atoms with Crippen molar-refractivity contribution in [2.24, 2.45) is 5.10 Å². The summed E-state index contributed by atoms with van der Waals surface area (Å²) in [6, 6.07) is 23.0. The molecule has 0 aliphatic carbocycles. The molecular weight excluding hydrogens is 542 g/mol. The lowest BCUT2D eigenvalue weighted by molar-refractivity contribution is -0.118. The molecule has 0 unspecified atom stereocenters. The third kappa shape index (κ3) is 5.95. The average Bonchev–Trinajstić information content (AvgIpc) is 3.35. The van der Waals surface area contributed by atoms with Crippen LogP contribution in [0.5, 0.6) is 11.5 Å². The fraction of sp³-hybridized carbons (Fsp3) is 0.154. The fourth-order valence-corrected chi connectivity index (χ4v) is 4.41. The molecule has 4 aromatic rings. The van der Waals surface area contributed by atoms with Gasteiger partial charge in [-0.25, -0.2) is 5.43 Å². The van der Waals surface area contributed by atoms with Crippen LogP contribution in [0.1, 0.15) is 12.5 Å². The zero-order chi connectivity index (χ0) is 25.5. The van der Waals surface area contributed by atoms with Gasteiger partial charge in [-0.05, 0) is 55.0 Å². The Morgan fingerprint density at radius 2 is 1.72 bits per heavy atom. The number of carbonyl (C=O) groups is 1. The van der Waals surface area contributed by atoms with E-state index in [1.807, 2.05) is 84.3 Å². The van der Waals surface area contributed by atoms with Gasteiger partial charge in [0.2, 0.25) is 0 Å². The third-order valence-corrected chi connectivity index (χ3v) is 6.69. The Hall–Kier alpha value is -3.63. The van der Waals surface area contributed by atoms with Crippen molar-refractivity contribution >= 4 is 39.3 Å². The van der Waals surface area contributed by atoms with Crippen molar-refractivity contribution in [3.8, 4) is 28.6 Å². The molecule has 0 saturated carbocycles. The lowest BCUT2D eigenvalue weighted by Crippen LogP contribution is -2.21. The van der Waals surface area contributed by atoms with Crippen LogP contribution in [0.15, 0.2) is 87.5 Å². The number of carbonyl (C=O) groups excluding carboxylic acids is 1. The number of hydrogen-bond acceptors (Lipinski definition) is 7. The largest absolute Gasteiger partial charge is 0.493 e. The van der Waals surface area contributed by atoms with Gasteiger partial charge in [0, 0.05) is 15.7 Å². The molecule has 0 bridgehead atoms.